The molecule has 0 heterocycles. The largest absolute Gasteiger partial charge is 0.324 e. The Labute approximate surface area is 171 Å². The van der Waals surface area contributed by atoms with Crippen molar-refractivity contribution in [1.29, 1.82) is 0 Å². The number of carbonyl (C=O) groups excluding carboxylic acids is 1. The zero-order chi connectivity index (χ0) is 19.5. The van der Waals surface area contributed by atoms with Gasteiger partial charge in [0.05, 0.1) is 17.0 Å². The van der Waals surface area contributed by atoms with Crippen molar-refractivity contribution in [1.82, 2.24) is 0 Å². The lowest BCUT2D eigenvalue weighted by Crippen LogP contribution is -2.47. The van der Waals surface area contributed by atoms with Crippen LogP contribution in [0.2, 0.25) is 10.0 Å². The Morgan fingerprint density at radius 2 is 1.81 bits per heavy atom. The highest BCUT2D eigenvalue weighted by atomic mass is 79.9. The molecule has 0 aromatic heterocycles. The number of hydrogen-bond acceptors (Lipinski definition) is 3. The maximum atomic E-state index is 12.8. The summed E-state index contributed by atoms with van der Waals surface area (Å²) in [6, 6.07) is 10.3. The van der Waals surface area contributed by atoms with Crippen LogP contribution in [0.3, 0.4) is 0 Å². The summed E-state index contributed by atoms with van der Waals surface area (Å²) in [6.07, 6.45) is 1.35. The molecule has 140 valence electrons. The predicted molar refractivity (Wildman–Crippen MR) is 111 cm³/mol. The Morgan fingerprint density at radius 3 is 2.31 bits per heavy atom. The summed E-state index contributed by atoms with van der Waals surface area (Å²) in [6.45, 7) is 1.74. The van der Waals surface area contributed by atoms with Gasteiger partial charge >= 0.3 is 0 Å². The third kappa shape index (κ3) is 5.13. The molecule has 0 fully saturated rings. The van der Waals surface area contributed by atoms with E-state index in [0.29, 0.717) is 25.9 Å². The van der Waals surface area contributed by atoms with E-state index < -0.39 is 22.0 Å². The number of anilines is 2. The van der Waals surface area contributed by atoms with Crippen molar-refractivity contribution in [3.05, 3.63) is 57.0 Å². The molecule has 26 heavy (non-hydrogen) atoms. The van der Waals surface area contributed by atoms with Crippen LogP contribution in [0, 0.1) is 0 Å². The molecule has 1 amide bonds. The van der Waals surface area contributed by atoms with Crippen molar-refractivity contribution < 1.29 is 13.2 Å². The number of rotatable bonds is 6. The topological polar surface area (TPSA) is 66.5 Å². The van der Waals surface area contributed by atoms with E-state index in [1.54, 1.807) is 49.4 Å². The molecule has 0 saturated heterocycles. The molecule has 2 rings (SSSR count). The molecule has 9 heteroatoms. The molecule has 0 saturated carbocycles. The van der Waals surface area contributed by atoms with Gasteiger partial charge in [-0.25, -0.2) is 8.42 Å². The van der Waals surface area contributed by atoms with Gasteiger partial charge in [-0.05, 0) is 64.8 Å². The van der Waals surface area contributed by atoms with E-state index >= 15 is 0 Å². The molecule has 2 aromatic rings. The highest BCUT2D eigenvalue weighted by Crippen LogP contribution is 2.27. The van der Waals surface area contributed by atoms with Crippen molar-refractivity contribution >= 4 is 66.4 Å². The van der Waals surface area contributed by atoms with Gasteiger partial charge in [-0.2, -0.15) is 0 Å². The Kier molecular flexibility index (Phi) is 6.96. The van der Waals surface area contributed by atoms with Gasteiger partial charge in [-0.3, -0.25) is 9.10 Å². The SMILES string of the molecule is CC[C@H](C(=O)Nc1ccc(Br)c(Cl)c1)N(c1ccc(Cl)cc1)S(C)(=O)=O. The fourth-order valence-corrected chi connectivity index (χ4v) is 4.21. The van der Waals surface area contributed by atoms with E-state index in [0.717, 1.165) is 10.6 Å². The molecule has 0 radical (unpaired) electrons. The minimum atomic E-state index is -3.70. The summed E-state index contributed by atoms with van der Waals surface area (Å²) in [5, 5.41) is 3.63. The van der Waals surface area contributed by atoms with Crippen LogP contribution >= 0.6 is 39.1 Å². The second-order valence-corrected chi connectivity index (χ2v) is 9.13. The molecule has 1 atom stereocenters. The van der Waals surface area contributed by atoms with Crippen LogP contribution < -0.4 is 9.62 Å². The zero-order valence-corrected chi connectivity index (χ0v) is 18.0. The monoisotopic (exact) mass is 478 g/mol. The molecule has 5 nitrogen and oxygen atoms in total. The average molecular weight is 480 g/mol. The Bertz CT molecular complexity index is 905. The van der Waals surface area contributed by atoms with Gasteiger partial charge in [0.1, 0.15) is 6.04 Å². The highest BCUT2D eigenvalue weighted by Gasteiger charge is 2.31. The summed E-state index contributed by atoms with van der Waals surface area (Å²) in [7, 11) is -3.70. The van der Waals surface area contributed by atoms with Crippen LogP contribution in [-0.2, 0) is 14.8 Å². The number of benzene rings is 2. The Balaban J connectivity index is 2.36. The molecule has 0 aliphatic carbocycles. The second kappa shape index (κ2) is 8.61. The fourth-order valence-electron chi connectivity index (χ4n) is 2.45. The minimum Gasteiger partial charge on any atom is -0.324 e. The van der Waals surface area contributed by atoms with Crippen LogP contribution in [0.25, 0.3) is 0 Å². The maximum absolute atomic E-state index is 12.8. The molecule has 0 unspecified atom stereocenters. The number of hydrogen-bond donors (Lipinski definition) is 1. The molecule has 0 aliphatic rings. The average Bonchev–Trinajstić information content (AvgIpc) is 2.56. The van der Waals surface area contributed by atoms with E-state index in [1.807, 2.05) is 0 Å². The molecule has 0 bridgehead atoms. The smallest absolute Gasteiger partial charge is 0.248 e. The number of amides is 1. The molecule has 1 N–H and O–H groups in total. The summed E-state index contributed by atoms with van der Waals surface area (Å²) in [5.41, 5.74) is 0.846. The van der Waals surface area contributed by atoms with Crippen LogP contribution in [-0.4, -0.2) is 26.6 Å². The van der Waals surface area contributed by atoms with Gasteiger partial charge in [0, 0.05) is 15.2 Å². The normalized spacial score (nSPS) is 12.5. The van der Waals surface area contributed by atoms with E-state index in [2.05, 4.69) is 21.2 Å². The maximum Gasteiger partial charge on any atom is 0.248 e. The van der Waals surface area contributed by atoms with Gasteiger partial charge < -0.3 is 5.32 Å². The molecule has 0 spiro atoms. The van der Waals surface area contributed by atoms with Gasteiger partial charge in [0.2, 0.25) is 15.9 Å². The van der Waals surface area contributed by atoms with E-state index in [-0.39, 0.29) is 6.42 Å². The predicted octanol–water partition coefficient (Wildman–Crippen LogP) is 4.94. The zero-order valence-electron chi connectivity index (χ0n) is 14.0. The second-order valence-electron chi connectivity index (χ2n) is 5.58. The van der Waals surface area contributed by atoms with Gasteiger partial charge in [-0.15, -0.1) is 0 Å². The Morgan fingerprint density at radius 1 is 1.19 bits per heavy atom. The lowest BCUT2D eigenvalue weighted by atomic mass is 10.2. The van der Waals surface area contributed by atoms with Gasteiger partial charge in [-0.1, -0.05) is 30.1 Å². The van der Waals surface area contributed by atoms with Crippen LogP contribution in [0.15, 0.2) is 46.9 Å². The number of nitrogens with zero attached hydrogens (tertiary/aromatic N) is 1. The van der Waals surface area contributed by atoms with Crippen LogP contribution in [0.1, 0.15) is 13.3 Å². The summed E-state index contributed by atoms with van der Waals surface area (Å²) < 4.78 is 26.5. The first-order chi connectivity index (χ1) is 12.1. The summed E-state index contributed by atoms with van der Waals surface area (Å²) in [4.78, 5) is 12.8. The first-order valence-corrected chi connectivity index (χ1v) is 11.0. The van der Waals surface area contributed by atoms with E-state index in [1.165, 1.54) is 0 Å². The number of halogens is 3. The summed E-state index contributed by atoms with van der Waals surface area (Å²) >= 11 is 15.2. The van der Waals surface area contributed by atoms with Crippen LogP contribution in [0.4, 0.5) is 11.4 Å². The molecule has 2 aromatic carbocycles. The third-order valence-corrected chi connectivity index (χ3v) is 6.26. The molecular formula is C17H17BrCl2N2O3S. The lowest BCUT2D eigenvalue weighted by Gasteiger charge is -2.30. The number of sulfonamides is 1. The lowest BCUT2D eigenvalue weighted by molar-refractivity contribution is -0.117. The molecule has 0 aliphatic heterocycles. The first-order valence-electron chi connectivity index (χ1n) is 7.64. The standard InChI is InChI=1S/C17H17BrCl2N2O3S/c1-3-16(17(23)21-12-6-9-14(18)15(20)10-12)22(26(2,24)25)13-7-4-11(19)5-8-13/h4-10,16H,3H2,1-2H3,(H,21,23)/t16-/m1/s1. The fraction of sp³-hybridized carbons (Fsp3) is 0.235. The van der Waals surface area contributed by atoms with Crippen molar-refractivity contribution in [2.45, 2.75) is 19.4 Å². The van der Waals surface area contributed by atoms with Crippen molar-refractivity contribution in [2.75, 3.05) is 15.9 Å². The van der Waals surface area contributed by atoms with Crippen LogP contribution in [0.5, 0.6) is 0 Å². The van der Waals surface area contributed by atoms with Crippen molar-refractivity contribution in [2.24, 2.45) is 0 Å². The van der Waals surface area contributed by atoms with E-state index in [9.17, 15) is 13.2 Å². The third-order valence-electron chi connectivity index (χ3n) is 3.60. The minimum absolute atomic E-state index is 0.284. The first kappa shape index (κ1) is 21.0. The Hall–Kier alpha value is -1.28. The van der Waals surface area contributed by atoms with Gasteiger partial charge in [0.25, 0.3) is 0 Å². The van der Waals surface area contributed by atoms with Crippen molar-refractivity contribution in [3.8, 4) is 0 Å². The highest BCUT2D eigenvalue weighted by molar-refractivity contribution is 9.10. The van der Waals surface area contributed by atoms with Crippen molar-refractivity contribution in [3.63, 3.8) is 0 Å². The number of carbonyl (C=O) groups is 1. The summed E-state index contributed by atoms with van der Waals surface area (Å²) in [5.74, 6) is -0.453. The molecular weight excluding hydrogens is 463 g/mol. The van der Waals surface area contributed by atoms with E-state index in [4.69, 9.17) is 23.2 Å². The number of nitrogens with one attached hydrogen (secondary N) is 1. The quantitative estimate of drug-likeness (QED) is 0.638. The van der Waals surface area contributed by atoms with Gasteiger partial charge in [0.15, 0.2) is 0 Å².